The van der Waals surface area contributed by atoms with E-state index in [-0.39, 0.29) is 12.5 Å². The standard InChI is InChI=1S/C23H31N3O3/c1-25(18-20-7-5-13-24-17-20)15-10-22(27)26-14-6-11-23(28,12-16-26)19-29-21-8-3-2-4-9-21/h2-5,7-9,13,17,28H,6,10-12,14-16,18-19H2,1H3. The molecule has 0 aliphatic carbocycles. The van der Waals surface area contributed by atoms with Gasteiger partial charge in [0.2, 0.25) is 5.91 Å². The lowest BCUT2D eigenvalue weighted by Gasteiger charge is -2.27. The highest BCUT2D eigenvalue weighted by Crippen LogP contribution is 2.24. The summed E-state index contributed by atoms with van der Waals surface area (Å²) in [6.07, 6.45) is 6.06. The van der Waals surface area contributed by atoms with Crippen molar-refractivity contribution >= 4 is 5.91 Å². The highest BCUT2D eigenvalue weighted by molar-refractivity contribution is 5.76. The van der Waals surface area contributed by atoms with Crippen molar-refractivity contribution in [1.29, 1.82) is 0 Å². The number of nitrogens with zero attached hydrogens (tertiary/aromatic N) is 3. The molecule has 3 rings (SSSR count). The van der Waals surface area contributed by atoms with Crippen molar-refractivity contribution in [3.8, 4) is 5.75 Å². The number of benzene rings is 1. The van der Waals surface area contributed by atoms with Gasteiger partial charge in [0.15, 0.2) is 0 Å². The largest absolute Gasteiger partial charge is 0.491 e. The summed E-state index contributed by atoms with van der Waals surface area (Å²) in [4.78, 5) is 20.8. The number of likely N-dealkylation sites (tertiary alicyclic amines) is 1. The van der Waals surface area contributed by atoms with Crippen molar-refractivity contribution in [2.24, 2.45) is 0 Å². The third-order valence-corrected chi connectivity index (χ3v) is 5.40. The van der Waals surface area contributed by atoms with Gasteiger partial charge in [0.05, 0.1) is 0 Å². The van der Waals surface area contributed by atoms with E-state index in [9.17, 15) is 9.90 Å². The van der Waals surface area contributed by atoms with E-state index in [4.69, 9.17) is 4.74 Å². The van der Waals surface area contributed by atoms with E-state index in [1.807, 2.05) is 60.6 Å². The van der Waals surface area contributed by atoms with Crippen LogP contribution < -0.4 is 4.74 Å². The second-order valence-corrected chi connectivity index (χ2v) is 7.91. The molecule has 1 aliphatic heterocycles. The van der Waals surface area contributed by atoms with Gasteiger partial charge in [-0.15, -0.1) is 0 Å². The normalized spacial score (nSPS) is 19.8. The first kappa shape index (κ1) is 21.3. The van der Waals surface area contributed by atoms with Crippen LogP contribution in [0.3, 0.4) is 0 Å². The molecule has 0 saturated carbocycles. The maximum absolute atomic E-state index is 12.7. The van der Waals surface area contributed by atoms with Crippen molar-refractivity contribution < 1.29 is 14.6 Å². The van der Waals surface area contributed by atoms with Crippen LogP contribution in [0.4, 0.5) is 0 Å². The topological polar surface area (TPSA) is 65.9 Å². The fraction of sp³-hybridized carbons (Fsp3) is 0.478. The van der Waals surface area contributed by atoms with E-state index in [2.05, 4.69) is 9.88 Å². The van der Waals surface area contributed by atoms with Crippen LogP contribution in [0.5, 0.6) is 5.75 Å². The van der Waals surface area contributed by atoms with Crippen LogP contribution in [-0.2, 0) is 11.3 Å². The summed E-state index contributed by atoms with van der Waals surface area (Å²) < 4.78 is 5.77. The Morgan fingerprint density at radius 2 is 2.03 bits per heavy atom. The van der Waals surface area contributed by atoms with E-state index in [0.29, 0.717) is 38.9 Å². The Bertz CT molecular complexity index is 756. The minimum Gasteiger partial charge on any atom is -0.491 e. The Morgan fingerprint density at radius 3 is 2.79 bits per heavy atom. The molecule has 1 amide bonds. The van der Waals surface area contributed by atoms with Crippen LogP contribution >= 0.6 is 0 Å². The summed E-state index contributed by atoms with van der Waals surface area (Å²) in [5.74, 6) is 0.908. The minimum atomic E-state index is -0.887. The molecule has 6 nitrogen and oxygen atoms in total. The number of carbonyl (C=O) groups excluding carboxylic acids is 1. The van der Waals surface area contributed by atoms with Crippen LogP contribution in [0.2, 0.25) is 0 Å². The SMILES string of the molecule is CN(CCC(=O)N1CCCC(O)(COc2ccccc2)CC1)Cc1cccnc1. The molecule has 2 aromatic rings. The van der Waals surface area contributed by atoms with Gasteiger partial charge in [0, 0.05) is 45.0 Å². The van der Waals surface area contributed by atoms with Gasteiger partial charge in [-0.25, -0.2) is 0 Å². The van der Waals surface area contributed by atoms with Crippen molar-refractivity contribution in [2.45, 2.75) is 37.8 Å². The van der Waals surface area contributed by atoms with Crippen molar-refractivity contribution in [1.82, 2.24) is 14.8 Å². The van der Waals surface area contributed by atoms with Crippen molar-refractivity contribution in [2.75, 3.05) is 33.3 Å². The van der Waals surface area contributed by atoms with Crippen LogP contribution in [0, 0.1) is 0 Å². The smallest absolute Gasteiger partial charge is 0.223 e. The maximum Gasteiger partial charge on any atom is 0.223 e. The first-order chi connectivity index (χ1) is 14.0. The quantitative estimate of drug-likeness (QED) is 0.742. The molecule has 1 fully saturated rings. The first-order valence-electron chi connectivity index (χ1n) is 10.3. The average molecular weight is 398 g/mol. The molecule has 1 aromatic carbocycles. The molecule has 6 heteroatoms. The van der Waals surface area contributed by atoms with Gasteiger partial charge >= 0.3 is 0 Å². The Labute approximate surface area is 173 Å². The summed E-state index contributed by atoms with van der Waals surface area (Å²) in [6.45, 7) is 2.99. The van der Waals surface area contributed by atoms with E-state index in [0.717, 1.165) is 24.3 Å². The number of pyridine rings is 1. The second-order valence-electron chi connectivity index (χ2n) is 7.91. The number of aromatic nitrogens is 1. The predicted octanol–water partition coefficient (Wildman–Crippen LogP) is 2.73. The third kappa shape index (κ3) is 6.84. The molecule has 29 heavy (non-hydrogen) atoms. The molecule has 1 aliphatic rings. The third-order valence-electron chi connectivity index (χ3n) is 5.40. The van der Waals surface area contributed by atoms with Gasteiger partial charge in [-0.2, -0.15) is 0 Å². The molecule has 156 valence electrons. The molecular weight excluding hydrogens is 366 g/mol. The molecule has 2 heterocycles. The van der Waals surface area contributed by atoms with Gasteiger partial charge in [-0.05, 0) is 50.1 Å². The van der Waals surface area contributed by atoms with Gasteiger partial charge in [0.25, 0.3) is 0 Å². The zero-order valence-electron chi connectivity index (χ0n) is 17.2. The highest BCUT2D eigenvalue weighted by atomic mass is 16.5. The van der Waals surface area contributed by atoms with Crippen LogP contribution in [0.25, 0.3) is 0 Å². The van der Waals surface area contributed by atoms with Gasteiger partial charge < -0.3 is 19.6 Å². The maximum atomic E-state index is 12.7. The average Bonchev–Trinajstić information content (AvgIpc) is 2.94. The minimum absolute atomic E-state index is 0.149. The van der Waals surface area contributed by atoms with Crippen molar-refractivity contribution in [3.63, 3.8) is 0 Å². The number of aliphatic hydroxyl groups is 1. The van der Waals surface area contributed by atoms with Crippen LogP contribution in [-0.4, -0.2) is 64.7 Å². The Hall–Kier alpha value is -2.44. The van der Waals surface area contributed by atoms with Crippen molar-refractivity contribution in [3.05, 3.63) is 60.4 Å². The molecule has 0 spiro atoms. The molecule has 1 aromatic heterocycles. The van der Waals surface area contributed by atoms with Gasteiger partial charge in [0.1, 0.15) is 18.0 Å². The summed E-state index contributed by atoms with van der Waals surface area (Å²) in [5, 5.41) is 10.9. The zero-order valence-corrected chi connectivity index (χ0v) is 17.2. The van der Waals surface area contributed by atoms with Gasteiger partial charge in [-0.1, -0.05) is 24.3 Å². The summed E-state index contributed by atoms with van der Waals surface area (Å²) >= 11 is 0. The van der Waals surface area contributed by atoms with E-state index < -0.39 is 5.60 Å². The summed E-state index contributed by atoms with van der Waals surface area (Å²) in [7, 11) is 2.02. The Balaban J connectivity index is 1.42. The molecule has 1 atom stereocenters. The van der Waals surface area contributed by atoms with E-state index >= 15 is 0 Å². The lowest BCUT2D eigenvalue weighted by molar-refractivity contribution is -0.131. The fourth-order valence-corrected chi connectivity index (χ4v) is 3.63. The summed E-state index contributed by atoms with van der Waals surface area (Å²) in [6, 6.07) is 13.5. The molecule has 1 N–H and O–H groups in total. The molecular formula is C23H31N3O3. The predicted molar refractivity (Wildman–Crippen MR) is 113 cm³/mol. The number of hydrogen-bond donors (Lipinski definition) is 1. The second kappa shape index (κ2) is 10.4. The summed E-state index contributed by atoms with van der Waals surface area (Å²) in [5.41, 5.74) is 0.253. The number of hydrogen-bond acceptors (Lipinski definition) is 5. The number of carbonyl (C=O) groups is 1. The molecule has 0 radical (unpaired) electrons. The molecule has 0 bridgehead atoms. The molecule has 1 unspecified atom stereocenters. The number of amides is 1. The van der Waals surface area contributed by atoms with Crippen LogP contribution in [0.1, 0.15) is 31.2 Å². The highest BCUT2D eigenvalue weighted by Gasteiger charge is 2.32. The zero-order chi connectivity index (χ0) is 20.5. The van der Waals surface area contributed by atoms with Crippen LogP contribution in [0.15, 0.2) is 54.9 Å². The first-order valence-corrected chi connectivity index (χ1v) is 10.3. The lowest BCUT2D eigenvalue weighted by atomic mass is 9.96. The van der Waals surface area contributed by atoms with Gasteiger partial charge in [-0.3, -0.25) is 9.78 Å². The number of para-hydroxylation sites is 1. The monoisotopic (exact) mass is 397 g/mol. The van der Waals surface area contributed by atoms with E-state index in [1.165, 1.54) is 0 Å². The fourth-order valence-electron chi connectivity index (χ4n) is 3.63. The Kier molecular flexibility index (Phi) is 7.61. The molecule has 1 saturated heterocycles. The number of ether oxygens (including phenoxy) is 1. The lowest BCUT2D eigenvalue weighted by Crippen LogP contribution is -2.39. The number of rotatable bonds is 8. The Morgan fingerprint density at radius 1 is 1.21 bits per heavy atom. The van der Waals surface area contributed by atoms with E-state index in [1.54, 1.807) is 6.20 Å².